The molecule has 0 rings (SSSR count). The fraction of sp³-hybridized carbons (Fsp3) is 1.00. The van der Waals surface area contributed by atoms with E-state index >= 15 is 0 Å². The normalized spacial score (nSPS) is 15.0. The van der Waals surface area contributed by atoms with Crippen molar-refractivity contribution in [3.05, 3.63) is 0 Å². The number of hydrogen-bond acceptors (Lipinski definition) is 2. The molecule has 1 atom stereocenters. The molecular formula is C11H25NO. The topological polar surface area (TPSA) is 21.3 Å². The van der Waals surface area contributed by atoms with E-state index in [4.69, 9.17) is 4.74 Å². The zero-order valence-corrected chi connectivity index (χ0v) is 9.98. The Labute approximate surface area is 83.1 Å². The van der Waals surface area contributed by atoms with Gasteiger partial charge in [0.1, 0.15) is 0 Å². The fourth-order valence-electron chi connectivity index (χ4n) is 1.24. The van der Waals surface area contributed by atoms with Gasteiger partial charge >= 0.3 is 0 Å². The van der Waals surface area contributed by atoms with Crippen LogP contribution in [0.4, 0.5) is 0 Å². The van der Waals surface area contributed by atoms with Crippen molar-refractivity contribution in [3.63, 3.8) is 0 Å². The molecule has 1 N–H and O–H groups in total. The van der Waals surface area contributed by atoms with Crippen LogP contribution in [0.25, 0.3) is 0 Å². The maximum atomic E-state index is 5.78. The van der Waals surface area contributed by atoms with E-state index in [0.29, 0.717) is 12.1 Å². The first-order valence-electron chi connectivity index (χ1n) is 5.22. The van der Waals surface area contributed by atoms with Gasteiger partial charge in [-0.1, -0.05) is 13.8 Å². The predicted octanol–water partition coefficient (Wildman–Crippen LogP) is 2.58. The van der Waals surface area contributed by atoms with Crippen molar-refractivity contribution in [2.24, 2.45) is 0 Å². The maximum absolute atomic E-state index is 5.78. The summed E-state index contributed by atoms with van der Waals surface area (Å²) in [5, 5.41) is 3.38. The Morgan fingerprint density at radius 1 is 1.15 bits per heavy atom. The summed E-state index contributed by atoms with van der Waals surface area (Å²) in [4.78, 5) is 0. The van der Waals surface area contributed by atoms with Crippen LogP contribution in [-0.4, -0.2) is 24.3 Å². The standard InChI is InChI=1S/C11H25NO/c1-9(2)12-8-7-10(3)13-11(4,5)6/h9-10,12H,7-8H2,1-6H3. The van der Waals surface area contributed by atoms with E-state index in [2.05, 4.69) is 46.9 Å². The Morgan fingerprint density at radius 3 is 2.08 bits per heavy atom. The number of ether oxygens (including phenoxy) is 1. The van der Waals surface area contributed by atoms with Crippen LogP contribution in [0.15, 0.2) is 0 Å². The largest absolute Gasteiger partial charge is 0.373 e. The molecule has 2 heteroatoms. The second-order valence-corrected chi connectivity index (χ2v) is 4.94. The van der Waals surface area contributed by atoms with Gasteiger partial charge in [0.2, 0.25) is 0 Å². The van der Waals surface area contributed by atoms with E-state index in [1.807, 2.05) is 0 Å². The summed E-state index contributed by atoms with van der Waals surface area (Å²) in [6.07, 6.45) is 1.42. The van der Waals surface area contributed by atoms with E-state index < -0.39 is 0 Å². The van der Waals surface area contributed by atoms with Gasteiger partial charge in [-0.2, -0.15) is 0 Å². The highest BCUT2D eigenvalue weighted by Crippen LogP contribution is 2.12. The van der Waals surface area contributed by atoms with Gasteiger partial charge in [-0.25, -0.2) is 0 Å². The minimum absolute atomic E-state index is 0.0166. The Hall–Kier alpha value is -0.0800. The summed E-state index contributed by atoms with van der Waals surface area (Å²) in [5.74, 6) is 0. The van der Waals surface area contributed by atoms with Gasteiger partial charge < -0.3 is 10.1 Å². The van der Waals surface area contributed by atoms with Crippen LogP contribution >= 0.6 is 0 Å². The van der Waals surface area contributed by atoms with Crippen molar-refractivity contribution in [2.45, 2.75) is 65.7 Å². The molecule has 0 radical (unpaired) electrons. The van der Waals surface area contributed by atoms with Gasteiger partial charge in [-0.3, -0.25) is 0 Å². The molecule has 0 saturated carbocycles. The monoisotopic (exact) mass is 187 g/mol. The van der Waals surface area contributed by atoms with Crippen molar-refractivity contribution in [1.29, 1.82) is 0 Å². The number of nitrogens with one attached hydrogen (secondary N) is 1. The highest BCUT2D eigenvalue weighted by Gasteiger charge is 2.14. The molecule has 1 unspecified atom stereocenters. The first kappa shape index (κ1) is 12.9. The molecule has 0 aliphatic carbocycles. The van der Waals surface area contributed by atoms with Gasteiger partial charge in [0.15, 0.2) is 0 Å². The summed E-state index contributed by atoms with van der Waals surface area (Å²) in [6, 6.07) is 0.571. The molecule has 0 bridgehead atoms. The molecule has 0 aromatic heterocycles. The lowest BCUT2D eigenvalue weighted by atomic mass is 10.1. The van der Waals surface area contributed by atoms with E-state index in [1.165, 1.54) is 0 Å². The molecule has 0 saturated heterocycles. The van der Waals surface area contributed by atoms with Crippen LogP contribution in [0.2, 0.25) is 0 Å². The zero-order valence-electron chi connectivity index (χ0n) is 9.98. The molecule has 0 aliphatic heterocycles. The molecular weight excluding hydrogens is 162 g/mol. The summed E-state index contributed by atoms with van der Waals surface area (Å²) < 4.78 is 5.78. The van der Waals surface area contributed by atoms with E-state index in [-0.39, 0.29) is 5.60 Å². The van der Waals surface area contributed by atoms with Crippen LogP contribution < -0.4 is 5.32 Å². The maximum Gasteiger partial charge on any atom is 0.0602 e. The Morgan fingerprint density at radius 2 is 1.69 bits per heavy atom. The Kier molecular flexibility index (Phi) is 5.57. The van der Waals surface area contributed by atoms with Crippen LogP contribution in [0.5, 0.6) is 0 Å². The average Bonchev–Trinajstić information content (AvgIpc) is 1.81. The van der Waals surface area contributed by atoms with E-state index in [0.717, 1.165) is 13.0 Å². The van der Waals surface area contributed by atoms with Crippen molar-refractivity contribution in [2.75, 3.05) is 6.54 Å². The summed E-state index contributed by atoms with van der Waals surface area (Å²) in [6.45, 7) is 13.8. The molecule has 0 amide bonds. The quantitative estimate of drug-likeness (QED) is 0.714. The fourth-order valence-corrected chi connectivity index (χ4v) is 1.24. The number of rotatable bonds is 5. The van der Waals surface area contributed by atoms with Gasteiger partial charge in [0.05, 0.1) is 11.7 Å². The van der Waals surface area contributed by atoms with Crippen LogP contribution in [0.3, 0.4) is 0 Å². The minimum atomic E-state index is -0.0166. The molecule has 0 aromatic carbocycles. The van der Waals surface area contributed by atoms with E-state index in [9.17, 15) is 0 Å². The van der Waals surface area contributed by atoms with Gasteiger partial charge in [-0.15, -0.1) is 0 Å². The second kappa shape index (κ2) is 5.61. The Balaban J connectivity index is 3.46. The SMILES string of the molecule is CC(C)NCCC(C)OC(C)(C)C. The van der Waals surface area contributed by atoms with Gasteiger partial charge in [0, 0.05) is 6.04 Å². The zero-order chi connectivity index (χ0) is 10.5. The molecule has 0 heterocycles. The molecule has 80 valence electrons. The third-order valence-electron chi connectivity index (χ3n) is 1.66. The van der Waals surface area contributed by atoms with Crippen LogP contribution in [0, 0.1) is 0 Å². The minimum Gasteiger partial charge on any atom is -0.373 e. The summed E-state index contributed by atoms with van der Waals surface area (Å²) >= 11 is 0. The summed E-state index contributed by atoms with van der Waals surface area (Å²) in [7, 11) is 0. The number of hydrogen-bond donors (Lipinski definition) is 1. The third kappa shape index (κ3) is 9.84. The lowest BCUT2D eigenvalue weighted by Crippen LogP contribution is -2.30. The highest BCUT2D eigenvalue weighted by molar-refractivity contribution is 4.64. The highest BCUT2D eigenvalue weighted by atomic mass is 16.5. The van der Waals surface area contributed by atoms with Crippen molar-refractivity contribution in [3.8, 4) is 0 Å². The molecule has 0 aliphatic rings. The lowest BCUT2D eigenvalue weighted by molar-refractivity contribution is -0.0538. The molecule has 0 fully saturated rings. The van der Waals surface area contributed by atoms with Gasteiger partial charge in [-0.05, 0) is 40.7 Å². The molecule has 2 nitrogen and oxygen atoms in total. The second-order valence-electron chi connectivity index (χ2n) is 4.94. The van der Waals surface area contributed by atoms with Crippen LogP contribution in [0.1, 0.15) is 48.0 Å². The van der Waals surface area contributed by atoms with Crippen molar-refractivity contribution < 1.29 is 4.74 Å². The first-order valence-corrected chi connectivity index (χ1v) is 5.22. The third-order valence-corrected chi connectivity index (χ3v) is 1.66. The van der Waals surface area contributed by atoms with Crippen LogP contribution in [-0.2, 0) is 4.74 Å². The first-order chi connectivity index (χ1) is 5.81. The molecule has 0 spiro atoms. The smallest absolute Gasteiger partial charge is 0.0602 e. The van der Waals surface area contributed by atoms with Crippen molar-refractivity contribution in [1.82, 2.24) is 5.32 Å². The average molecular weight is 187 g/mol. The molecule has 13 heavy (non-hydrogen) atoms. The lowest BCUT2D eigenvalue weighted by Gasteiger charge is -2.25. The van der Waals surface area contributed by atoms with Crippen molar-refractivity contribution >= 4 is 0 Å². The summed E-state index contributed by atoms with van der Waals surface area (Å²) in [5.41, 5.74) is -0.0166. The van der Waals surface area contributed by atoms with Gasteiger partial charge in [0.25, 0.3) is 0 Å². The Bertz CT molecular complexity index is 127. The predicted molar refractivity (Wildman–Crippen MR) is 58.1 cm³/mol. The van der Waals surface area contributed by atoms with E-state index in [1.54, 1.807) is 0 Å². The molecule has 0 aromatic rings.